The topological polar surface area (TPSA) is 48.0 Å². The van der Waals surface area contributed by atoms with Gasteiger partial charge in [-0.2, -0.15) is 13.2 Å². The van der Waals surface area contributed by atoms with Crippen molar-refractivity contribution in [2.75, 3.05) is 0 Å². The first-order valence-electron chi connectivity index (χ1n) is 11.6. The first-order chi connectivity index (χ1) is 16.1. The second kappa shape index (κ2) is 9.95. The minimum atomic E-state index is -4.90. The van der Waals surface area contributed by atoms with Gasteiger partial charge in [0.25, 0.3) is 5.79 Å². The van der Waals surface area contributed by atoms with Crippen molar-refractivity contribution >= 4 is 14.4 Å². The summed E-state index contributed by atoms with van der Waals surface area (Å²) in [7, 11) is -2.81. The fourth-order valence-electron chi connectivity index (χ4n) is 4.19. The van der Waals surface area contributed by atoms with Crippen LogP contribution in [-0.4, -0.2) is 43.5 Å². The molecule has 0 bridgehead atoms. The highest BCUT2D eigenvalue weighted by Gasteiger charge is 2.72. The van der Waals surface area contributed by atoms with Crippen molar-refractivity contribution in [1.82, 2.24) is 4.90 Å². The van der Waals surface area contributed by atoms with Gasteiger partial charge < -0.3 is 13.9 Å². The van der Waals surface area contributed by atoms with Crippen LogP contribution in [0.5, 0.6) is 0 Å². The van der Waals surface area contributed by atoms with Gasteiger partial charge in [0.05, 0.1) is 0 Å². The van der Waals surface area contributed by atoms with Gasteiger partial charge in [-0.1, -0.05) is 81.4 Å². The van der Waals surface area contributed by atoms with Crippen molar-refractivity contribution in [3.05, 3.63) is 71.8 Å². The molecule has 192 valence electrons. The van der Waals surface area contributed by atoms with Gasteiger partial charge in [-0.15, -0.1) is 0 Å². The Morgan fingerprint density at radius 2 is 1.49 bits per heavy atom. The van der Waals surface area contributed by atoms with Crippen LogP contribution in [0.15, 0.2) is 60.7 Å². The maximum atomic E-state index is 14.9. The fourth-order valence-corrected chi connectivity index (χ4v) is 5.40. The highest BCUT2D eigenvalue weighted by molar-refractivity contribution is 6.69. The number of ether oxygens (including phenoxy) is 2. The van der Waals surface area contributed by atoms with Gasteiger partial charge >= 0.3 is 12.3 Å². The SMILES string of the molecule is CC(C)(C)[C@@H]1O[C@@](O[Si](C)(C)C)(C(F)(F)F)[C@H](Cc2ccccc2)N1C(=O)OCc1ccccc1. The molecular weight excluding hydrogens is 475 g/mol. The predicted molar refractivity (Wildman–Crippen MR) is 130 cm³/mol. The molecule has 0 aliphatic carbocycles. The normalized spacial score (nSPS) is 23.4. The highest BCUT2D eigenvalue weighted by Crippen LogP contribution is 2.51. The van der Waals surface area contributed by atoms with Crippen LogP contribution in [0.4, 0.5) is 18.0 Å². The minimum Gasteiger partial charge on any atom is -0.444 e. The summed E-state index contributed by atoms with van der Waals surface area (Å²) in [5.41, 5.74) is 0.508. The van der Waals surface area contributed by atoms with Crippen molar-refractivity contribution in [1.29, 1.82) is 0 Å². The summed E-state index contributed by atoms with van der Waals surface area (Å²) in [6.45, 7) is 10.1. The molecule has 0 saturated carbocycles. The monoisotopic (exact) mass is 509 g/mol. The third-order valence-corrected chi connectivity index (χ3v) is 6.51. The number of benzene rings is 2. The standard InChI is InChI=1S/C26H34F3NO4Si/c1-24(2,3)22-30(23(31)32-18-20-15-11-8-12-16-20)21(17-19-13-9-7-10-14-19)25(33-22,26(27,28)29)34-35(4,5)6/h7-16,21-22H,17-18H2,1-6H3/t21-,22-,25-/m0/s1. The molecule has 1 amide bonds. The Kier molecular flexibility index (Phi) is 7.74. The van der Waals surface area contributed by atoms with Crippen molar-refractivity contribution in [3.63, 3.8) is 0 Å². The molecule has 0 spiro atoms. The van der Waals surface area contributed by atoms with Crippen molar-refractivity contribution in [3.8, 4) is 0 Å². The van der Waals surface area contributed by atoms with Crippen LogP contribution in [0, 0.1) is 5.41 Å². The third kappa shape index (κ3) is 6.26. The summed E-state index contributed by atoms with van der Waals surface area (Å²) in [5, 5.41) is 0. The van der Waals surface area contributed by atoms with Crippen LogP contribution < -0.4 is 0 Å². The summed E-state index contributed by atoms with van der Waals surface area (Å²) in [5.74, 6) is -2.99. The van der Waals surface area contributed by atoms with E-state index in [1.54, 1.807) is 95.0 Å². The maximum absolute atomic E-state index is 14.9. The van der Waals surface area contributed by atoms with Gasteiger partial charge in [0.1, 0.15) is 18.9 Å². The zero-order chi connectivity index (χ0) is 26.1. The molecule has 5 nitrogen and oxygen atoms in total. The molecule has 1 saturated heterocycles. The summed E-state index contributed by atoms with van der Waals surface area (Å²) >= 11 is 0. The molecular formula is C26H34F3NO4Si. The number of rotatable bonds is 6. The van der Waals surface area contributed by atoms with Crippen LogP contribution in [0.1, 0.15) is 31.9 Å². The lowest BCUT2D eigenvalue weighted by Gasteiger charge is -2.40. The average Bonchev–Trinajstić information content (AvgIpc) is 3.07. The number of nitrogens with zero attached hydrogens (tertiary/aromatic N) is 1. The lowest BCUT2D eigenvalue weighted by molar-refractivity contribution is -0.357. The predicted octanol–water partition coefficient (Wildman–Crippen LogP) is 6.75. The van der Waals surface area contributed by atoms with E-state index >= 15 is 0 Å². The van der Waals surface area contributed by atoms with Crippen LogP contribution in [-0.2, 0) is 26.9 Å². The van der Waals surface area contributed by atoms with Crippen LogP contribution in [0.25, 0.3) is 0 Å². The molecule has 1 aliphatic rings. The Morgan fingerprint density at radius 3 is 1.94 bits per heavy atom. The van der Waals surface area contributed by atoms with Gasteiger partial charge in [0.15, 0.2) is 8.32 Å². The van der Waals surface area contributed by atoms with Crippen LogP contribution in [0.2, 0.25) is 19.6 Å². The van der Waals surface area contributed by atoms with E-state index < -0.39 is 44.1 Å². The quantitative estimate of drug-likeness (QED) is 0.404. The van der Waals surface area contributed by atoms with Gasteiger partial charge in [0.2, 0.25) is 0 Å². The number of hydrogen-bond donors (Lipinski definition) is 0. The number of carbonyl (C=O) groups is 1. The zero-order valence-electron chi connectivity index (χ0n) is 21.1. The highest BCUT2D eigenvalue weighted by atomic mass is 28.4. The van der Waals surface area contributed by atoms with E-state index in [0.717, 1.165) is 10.5 Å². The van der Waals surface area contributed by atoms with E-state index in [4.69, 9.17) is 13.9 Å². The summed E-state index contributed by atoms with van der Waals surface area (Å²) in [4.78, 5) is 14.6. The van der Waals surface area contributed by atoms with Crippen LogP contribution >= 0.6 is 0 Å². The first kappa shape index (κ1) is 27.2. The summed E-state index contributed by atoms with van der Waals surface area (Å²) in [6, 6.07) is 16.3. The number of hydrogen-bond acceptors (Lipinski definition) is 4. The molecule has 35 heavy (non-hydrogen) atoms. The number of carbonyl (C=O) groups excluding carboxylic acids is 1. The zero-order valence-corrected chi connectivity index (χ0v) is 22.1. The smallest absolute Gasteiger partial charge is 0.444 e. The lowest BCUT2D eigenvalue weighted by atomic mass is 9.92. The summed E-state index contributed by atoms with van der Waals surface area (Å²) < 4.78 is 62.0. The molecule has 2 aromatic rings. The number of amides is 1. The van der Waals surface area contributed by atoms with E-state index in [0.29, 0.717) is 5.56 Å². The fraction of sp³-hybridized carbons (Fsp3) is 0.500. The third-order valence-electron chi connectivity index (χ3n) is 5.60. The largest absolute Gasteiger partial charge is 0.444 e. The summed E-state index contributed by atoms with van der Waals surface area (Å²) in [6.07, 6.45) is -7.11. The van der Waals surface area contributed by atoms with E-state index in [1.807, 2.05) is 6.07 Å². The first-order valence-corrected chi connectivity index (χ1v) is 15.0. The number of halogens is 3. The van der Waals surface area contributed by atoms with Gasteiger partial charge in [-0.25, -0.2) is 4.79 Å². The Morgan fingerprint density at radius 1 is 0.971 bits per heavy atom. The Hall–Kier alpha value is -2.36. The second-order valence-corrected chi connectivity index (χ2v) is 15.3. The van der Waals surface area contributed by atoms with E-state index in [2.05, 4.69) is 0 Å². The van der Waals surface area contributed by atoms with E-state index in [1.165, 1.54) is 0 Å². The lowest BCUT2D eigenvalue weighted by Crippen LogP contribution is -2.62. The minimum absolute atomic E-state index is 0.0704. The van der Waals surface area contributed by atoms with Crippen molar-refractivity contribution in [2.24, 2.45) is 5.41 Å². The van der Waals surface area contributed by atoms with E-state index in [9.17, 15) is 18.0 Å². The van der Waals surface area contributed by atoms with Gasteiger partial charge in [-0.3, -0.25) is 4.90 Å². The Balaban J connectivity index is 2.10. The van der Waals surface area contributed by atoms with Crippen LogP contribution in [0.3, 0.4) is 0 Å². The Bertz CT molecular complexity index is 990. The molecule has 0 unspecified atom stereocenters. The Labute approximate surface area is 206 Å². The molecule has 9 heteroatoms. The molecule has 1 fully saturated rings. The molecule has 0 aromatic heterocycles. The average molecular weight is 510 g/mol. The molecule has 2 aromatic carbocycles. The molecule has 0 radical (unpaired) electrons. The molecule has 3 rings (SSSR count). The second-order valence-electron chi connectivity index (χ2n) is 10.9. The number of alkyl halides is 3. The molecule has 0 N–H and O–H groups in total. The van der Waals surface area contributed by atoms with E-state index in [-0.39, 0.29) is 13.0 Å². The van der Waals surface area contributed by atoms with Gasteiger partial charge in [-0.05, 0) is 37.2 Å². The van der Waals surface area contributed by atoms with Crippen molar-refractivity contribution in [2.45, 2.75) is 77.7 Å². The maximum Gasteiger partial charge on any atom is 0.444 e. The molecule has 1 heterocycles. The van der Waals surface area contributed by atoms with Gasteiger partial charge in [0, 0.05) is 5.41 Å². The molecule has 3 atom stereocenters. The van der Waals surface area contributed by atoms with Crippen molar-refractivity contribution < 1.29 is 31.9 Å². The molecule has 1 aliphatic heterocycles.